The molecule has 0 unspecified atom stereocenters. The quantitative estimate of drug-likeness (QED) is 0.857. The highest BCUT2D eigenvalue weighted by Crippen LogP contribution is 2.29. The van der Waals surface area contributed by atoms with E-state index in [9.17, 15) is 4.79 Å². The summed E-state index contributed by atoms with van der Waals surface area (Å²) in [6.07, 6.45) is 3.11. The molecule has 8 heteroatoms. The molecule has 154 valence electrons. The fourth-order valence-electron chi connectivity index (χ4n) is 3.89. The zero-order chi connectivity index (χ0) is 20.4. The Balaban J connectivity index is 1.54. The predicted octanol–water partition coefficient (Wildman–Crippen LogP) is 2.74. The van der Waals surface area contributed by atoms with Crippen molar-refractivity contribution in [2.75, 3.05) is 56.0 Å². The van der Waals surface area contributed by atoms with Crippen LogP contribution in [-0.2, 0) is 13.0 Å². The Hall–Kier alpha value is -3.03. The number of benzene rings is 1. The molecule has 2 aromatic rings. The predicted molar refractivity (Wildman–Crippen MR) is 114 cm³/mol. The van der Waals surface area contributed by atoms with Crippen LogP contribution in [0.1, 0.15) is 24.1 Å². The average Bonchev–Trinajstić information content (AvgIpc) is 3.27. The molecule has 0 atom stereocenters. The van der Waals surface area contributed by atoms with Crippen LogP contribution in [0, 0.1) is 0 Å². The second kappa shape index (κ2) is 8.14. The molecule has 4 rings (SSSR count). The van der Waals surface area contributed by atoms with Gasteiger partial charge in [0.25, 0.3) is 0 Å². The first-order valence-electron chi connectivity index (χ1n) is 10.1. The molecule has 1 aromatic heterocycles. The van der Waals surface area contributed by atoms with Crippen LogP contribution >= 0.6 is 0 Å². The molecule has 2 amide bonds. The molecule has 8 nitrogen and oxygen atoms in total. The highest BCUT2D eigenvalue weighted by atomic mass is 16.5. The van der Waals surface area contributed by atoms with Gasteiger partial charge in [-0.15, -0.1) is 0 Å². The molecule has 0 radical (unpaired) electrons. The van der Waals surface area contributed by atoms with Crippen LogP contribution in [0.4, 0.5) is 22.2 Å². The number of hydrogen-bond donors (Lipinski definition) is 1. The fraction of sp³-hybridized carbons (Fsp3) is 0.476. The second-order valence-electron chi connectivity index (χ2n) is 7.69. The van der Waals surface area contributed by atoms with E-state index in [1.54, 1.807) is 7.11 Å². The van der Waals surface area contributed by atoms with Crippen LogP contribution in [0.5, 0.6) is 5.75 Å². The molecule has 0 bridgehead atoms. The van der Waals surface area contributed by atoms with E-state index < -0.39 is 0 Å². The number of nitrogens with zero attached hydrogens (tertiary/aromatic N) is 5. The minimum Gasteiger partial charge on any atom is -0.497 e. The Bertz CT molecular complexity index is 895. The van der Waals surface area contributed by atoms with Crippen LogP contribution in [0.25, 0.3) is 0 Å². The number of urea groups is 1. The number of rotatable bonds is 4. The lowest BCUT2D eigenvalue weighted by molar-refractivity contribution is 0.206. The molecule has 0 aliphatic carbocycles. The van der Waals surface area contributed by atoms with Crippen molar-refractivity contribution in [2.24, 2.45) is 0 Å². The van der Waals surface area contributed by atoms with Crippen molar-refractivity contribution < 1.29 is 9.53 Å². The van der Waals surface area contributed by atoms with Crippen molar-refractivity contribution in [2.45, 2.75) is 25.8 Å². The number of anilines is 3. The molecular weight excluding hydrogens is 368 g/mol. The summed E-state index contributed by atoms with van der Waals surface area (Å²) in [6.45, 7) is 3.16. The molecule has 1 N–H and O–H groups in total. The van der Waals surface area contributed by atoms with Gasteiger partial charge in [-0.25, -0.2) is 9.78 Å². The molecule has 1 aromatic carbocycles. The van der Waals surface area contributed by atoms with Gasteiger partial charge in [0.05, 0.1) is 19.3 Å². The number of hydrogen-bond acceptors (Lipinski definition) is 6. The third-order valence-electron chi connectivity index (χ3n) is 5.45. The highest BCUT2D eigenvalue weighted by molar-refractivity contribution is 5.89. The number of carbonyl (C=O) groups excluding carboxylic acids is 1. The van der Waals surface area contributed by atoms with Crippen LogP contribution in [0.2, 0.25) is 0 Å². The monoisotopic (exact) mass is 396 g/mol. The van der Waals surface area contributed by atoms with Crippen LogP contribution in [0.3, 0.4) is 0 Å². The topological polar surface area (TPSA) is 73.8 Å². The van der Waals surface area contributed by atoms with Gasteiger partial charge < -0.3 is 24.8 Å². The number of carbonyl (C=O) groups is 1. The van der Waals surface area contributed by atoms with Gasteiger partial charge >= 0.3 is 6.03 Å². The van der Waals surface area contributed by atoms with E-state index in [0.717, 1.165) is 42.5 Å². The van der Waals surface area contributed by atoms with Crippen molar-refractivity contribution in [1.29, 1.82) is 0 Å². The van der Waals surface area contributed by atoms with Gasteiger partial charge in [-0.2, -0.15) is 4.98 Å². The van der Waals surface area contributed by atoms with E-state index >= 15 is 0 Å². The Morgan fingerprint density at radius 2 is 1.97 bits per heavy atom. The lowest BCUT2D eigenvalue weighted by Crippen LogP contribution is -2.40. The van der Waals surface area contributed by atoms with E-state index in [2.05, 4.69) is 10.2 Å². The van der Waals surface area contributed by atoms with Gasteiger partial charge in [-0.3, -0.25) is 0 Å². The molecule has 3 heterocycles. The third-order valence-corrected chi connectivity index (χ3v) is 5.45. The first-order valence-corrected chi connectivity index (χ1v) is 10.1. The summed E-state index contributed by atoms with van der Waals surface area (Å²) in [6, 6.07) is 7.25. The van der Waals surface area contributed by atoms with E-state index in [1.807, 2.05) is 48.2 Å². The third kappa shape index (κ3) is 4.06. The smallest absolute Gasteiger partial charge is 0.322 e. The summed E-state index contributed by atoms with van der Waals surface area (Å²) in [7, 11) is 5.60. The number of amides is 2. The van der Waals surface area contributed by atoms with Gasteiger partial charge in [0.15, 0.2) is 0 Å². The van der Waals surface area contributed by atoms with Crippen molar-refractivity contribution in [3.05, 3.63) is 35.5 Å². The largest absolute Gasteiger partial charge is 0.497 e. The van der Waals surface area contributed by atoms with Crippen LogP contribution in [-0.4, -0.2) is 61.7 Å². The SMILES string of the molecule is COc1cccc(NC(=O)N2CCc3nc(N4CCCC4)nc(N(C)C)c3C2)c1. The summed E-state index contributed by atoms with van der Waals surface area (Å²) in [5, 5.41) is 2.97. The van der Waals surface area contributed by atoms with Crippen LogP contribution < -0.4 is 19.9 Å². The number of nitrogens with one attached hydrogen (secondary N) is 1. The molecule has 0 saturated carbocycles. The van der Waals surface area contributed by atoms with Gasteiger partial charge in [-0.1, -0.05) is 6.07 Å². The van der Waals surface area contributed by atoms with E-state index in [1.165, 1.54) is 12.8 Å². The molecule has 2 aliphatic heterocycles. The van der Waals surface area contributed by atoms with Crippen LogP contribution in [0.15, 0.2) is 24.3 Å². The van der Waals surface area contributed by atoms with Crippen molar-refractivity contribution in [3.63, 3.8) is 0 Å². The maximum absolute atomic E-state index is 12.8. The Morgan fingerprint density at radius 3 is 2.69 bits per heavy atom. The molecule has 29 heavy (non-hydrogen) atoms. The Labute approximate surface area is 171 Å². The maximum atomic E-state index is 12.8. The molecule has 2 aliphatic rings. The normalized spacial score (nSPS) is 15.8. The zero-order valence-corrected chi connectivity index (χ0v) is 17.3. The summed E-state index contributed by atoms with van der Waals surface area (Å²) in [5.41, 5.74) is 2.80. The van der Waals surface area contributed by atoms with Gasteiger partial charge in [-0.05, 0) is 25.0 Å². The standard InChI is InChI=1S/C21H28N6O2/c1-25(2)19-17-14-27(21(28)22-15-7-6-8-16(13-15)29-3)12-9-18(17)23-20(24-19)26-10-4-5-11-26/h6-8,13H,4-5,9-12,14H2,1-3H3,(H,22,28). The molecule has 1 saturated heterocycles. The van der Waals surface area contributed by atoms with Gasteiger partial charge in [0, 0.05) is 57.5 Å². The molecule has 1 fully saturated rings. The maximum Gasteiger partial charge on any atom is 0.322 e. The van der Waals surface area contributed by atoms with Gasteiger partial charge in [0.1, 0.15) is 11.6 Å². The van der Waals surface area contributed by atoms with E-state index in [4.69, 9.17) is 14.7 Å². The molecular formula is C21H28N6O2. The number of aromatic nitrogens is 2. The minimum absolute atomic E-state index is 0.128. The van der Waals surface area contributed by atoms with Crippen molar-refractivity contribution >= 4 is 23.5 Å². The highest BCUT2D eigenvalue weighted by Gasteiger charge is 2.28. The molecule has 0 spiro atoms. The van der Waals surface area contributed by atoms with E-state index in [-0.39, 0.29) is 6.03 Å². The zero-order valence-electron chi connectivity index (χ0n) is 17.3. The first-order chi connectivity index (χ1) is 14.0. The van der Waals surface area contributed by atoms with Gasteiger partial charge in [0.2, 0.25) is 5.95 Å². The lowest BCUT2D eigenvalue weighted by atomic mass is 10.1. The fourth-order valence-corrected chi connectivity index (χ4v) is 3.89. The summed E-state index contributed by atoms with van der Waals surface area (Å²) in [5.74, 6) is 2.43. The van der Waals surface area contributed by atoms with E-state index in [0.29, 0.717) is 24.5 Å². The first kappa shape index (κ1) is 19.3. The average molecular weight is 396 g/mol. The van der Waals surface area contributed by atoms with Crippen molar-refractivity contribution in [1.82, 2.24) is 14.9 Å². The summed E-state index contributed by atoms with van der Waals surface area (Å²) >= 11 is 0. The number of methoxy groups -OCH3 is 1. The summed E-state index contributed by atoms with van der Waals surface area (Å²) in [4.78, 5) is 28.6. The number of fused-ring (bicyclic) bond motifs is 1. The lowest BCUT2D eigenvalue weighted by Gasteiger charge is -2.32. The second-order valence-corrected chi connectivity index (χ2v) is 7.69. The van der Waals surface area contributed by atoms with Crippen molar-refractivity contribution in [3.8, 4) is 5.75 Å². The Morgan fingerprint density at radius 1 is 1.17 bits per heavy atom. The Kier molecular flexibility index (Phi) is 5.42. The number of ether oxygens (including phenoxy) is 1. The minimum atomic E-state index is -0.128. The summed E-state index contributed by atoms with van der Waals surface area (Å²) < 4.78 is 5.23.